The summed E-state index contributed by atoms with van der Waals surface area (Å²) in [5, 5.41) is 10.6. The van der Waals surface area contributed by atoms with Crippen LogP contribution in [0.1, 0.15) is 297 Å². The van der Waals surface area contributed by atoms with E-state index in [9.17, 15) is 43.2 Å². The van der Waals surface area contributed by atoms with Crippen LogP contribution in [0, 0.1) is 0 Å². The van der Waals surface area contributed by atoms with E-state index in [1.807, 2.05) is 0 Å². The van der Waals surface area contributed by atoms with Gasteiger partial charge < -0.3 is 33.8 Å². The van der Waals surface area contributed by atoms with E-state index in [1.54, 1.807) is 0 Å². The summed E-state index contributed by atoms with van der Waals surface area (Å²) >= 11 is 0. The zero-order valence-electron chi connectivity index (χ0n) is 63.5. The smallest absolute Gasteiger partial charge is 0.462 e. The van der Waals surface area contributed by atoms with Gasteiger partial charge in [-0.05, 0) is 141 Å². The molecule has 102 heavy (non-hydrogen) atoms. The number of hydrogen-bond donors (Lipinski definition) is 3. The molecule has 0 fully saturated rings. The van der Waals surface area contributed by atoms with Crippen LogP contribution in [-0.2, 0) is 65.4 Å². The second-order valence-corrected chi connectivity index (χ2v) is 28.4. The van der Waals surface area contributed by atoms with Gasteiger partial charge in [0.1, 0.15) is 19.3 Å². The van der Waals surface area contributed by atoms with Gasteiger partial charge in [0.25, 0.3) is 0 Å². The van der Waals surface area contributed by atoms with Crippen molar-refractivity contribution >= 4 is 39.5 Å². The highest BCUT2D eigenvalue weighted by molar-refractivity contribution is 7.47. The number of carbonyl (C=O) groups is 4. The van der Waals surface area contributed by atoms with E-state index in [0.717, 1.165) is 173 Å². The lowest BCUT2D eigenvalue weighted by Gasteiger charge is -2.21. The molecule has 0 spiro atoms. The molecule has 5 atom stereocenters. The van der Waals surface area contributed by atoms with Crippen molar-refractivity contribution in [3.8, 4) is 0 Å². The number of ether oxygens (including phenoxy) is 4. The minimum atomic E-state index is -5.00. The zero-order chi connectivity index (χ0) is 74.6. The van der Waals surface area contributed by atoms with Gasteiger partial charge in [-0.15, -0.1) is 0 Å². The van der Waals surface area contributed by atoms with Crippen LogP contribution in [0.3, 0.4) is 0 Å². The summed E-state index contributed by atoms with van der Waals surface area (Å²) in [6, 6.07) is 0. The van der Waals surface area contributed by atoms with Crippen molar-refractivity contribution in [3.63, 3.8) is 0 Å². The molecule has 0 bridgehead atoms. The van der Waals surface area contributed by atoms with Crippen LogP contribution in [-0.4, -0.2) is 96.7 Å². The fourth-order valence-corrected chi connectivity index (χ4v) is 11.5. The largest absolute Gasteiger partial charge is 0.472 e. The van der Waals surface area contributed by atoms with Gasteiger partial charge in [-0.1, -0.05) is 276 Å². The highest BCUT2D eigenvalue weighted by atomic mass is 31.2. The van der Waals surface area contributed by atoms with E-state index < -0.39 is 97.5 Å². The molecule has 5 unspecified atom stereocenters. The van der Waals surface area contributed by atoms with Crippen molar-refractivity contribution in [1.29, 1.82) is 0 Å². The first-order valence-corrected chi connectivity index (χ1v) is 42.1. The standard InChI is InChI=1S/C83H138O17P2/c1-5-9-13-17-21-25-29-32-35-37-38-40-43-45-49-52-56-60-64-68-81(86)94-74-79(100-83(88)70-66-62-58-54-50-46-41-34-31-27-23-19-15-11-7-3)76-98-102(91,92)96-72-77(84)71-95-101(89,90)97-75-78(99-82(87)69-65-61-57-53-47-28-24-20-16-12-8-4)73-93-80(85)67-63-59-55-51-48-44-42-39-36-33-30-26-22-18-14-10-6-2/h9-11,13-15,21-23,25-27,32-36,38,40-42,44,50,54,77-79,84H,5-8,12,16-20,24,28-31,37,39,43,45-49,51-53,55-76H2,1-4H3,(H,89,90)(H,91,92)/b13-9-,14-10-,15-11-,25-21-,26-22-,27-23-,35-32-,36-33-,40-38-,41-34-,44-42-,54-50-. The lowest BCUT2D eigenvalue weighted by Crippen LogP contribution is -2.30. The molecule has 0 aliphatic carbocycles. The summed E-state index contributed by atoms with van der Waals surface area (Å²) in [6.07, 6.45) is 84.1. The highest BCUT2D eigenvalue weighted by Gasteiger charge is 2.30. The number of phosphoric acid groups is 2. The molecule has 0 aromatic rings. The number of esters is 4. The number of phosphoric ester groups is 2. The first-order valence-electron chi connectivity index (χ1n) is 39.1. The van der Waals surface area contributed by atoms with Crippen molar-refractivity contribution in [2.75, 3.05) is 39.6 Å². The Morgan fingerprint density at radius 1 is 0.284 bits per heavy atom. The molecule has 0 radical (unpaired) electrons. The van der Waals surface area contributed by atoms with Crippen LogP contribution < -0.4 is 0 Å². The fraction of sp³-hybridized carbons (Fsp3) is 0.663. The minimum absolute atomic E-state index is 0.0351. The van der Waals surface area contributed by atoms with E-state index in [0.29, 0.717) is 32.1 Å². The van der Waals surface area contributed by atoms with E-state index in [4.69, 9.17) is 37.0 Å². The first-order chi connectivity index (χ1) is 49.7. The Bertz CT molecular complexity index is 2510. The van der Waals surface area contributed by atoms with Gasteiger partial charge in [0.05, 0.1) is 26.4 Å². The topological polar surface area (TPSA) is 237 Å². The Hall–Kier alpha value is -5.06. The van der Waals surface area contributed by atoms with E-state index in [-0.39, 0.29) is 25.7 Å². The van der Waals surface area contributed by atoms with Crippen molar-refractivity contribution in [2.24, 2.45) is 0 Å². The highest BCUT2D eigenvalue weighted by Crippen LogP contribution is 2.45. The lowest BCUT2D eigenvalue weighted by molar-refractivity contribution is -0.161. The molecule has 0 rings (SSSR count). The Morgan fingerprint density at radius 3 is 0.804 bits per heavy atom. The summed E-state index contributed by atoms with van der Waals surface area (Å²) in [7, 11) is -9.98. The second kappa shape index (κ2) is 74.2. The maximum absolute atomic E-state index is 13.1. The summed E-state index contributed by atoms with van der Waals surface area (Å²) < 4.78 is 68.5. The van der Waals surface area contributed by atoms with Crippen LogP contribution in [0.2, 0.25) is 0 Å². The van der Waals surface area contributed by atoms with Gasteiger partial charge >= 0.3 is 39.5 Å². The third kappa shape index (κ3) is 73.3. The lowest BCUT2D eigenvalue weighted by atomic mass is 10.1. The predicted molar refractivity (Wildman–Crippen MR) is 417 cm³/mol. The molecule has 582 valence electrons. The maximum Gasteiger partial charge on any atom is 0.472 e. The van der Waals surface area contributed by atoms with Crippen molar-refractivity contribution in [1.82, 2.24) is 0 Å². The van der Waals surface area contributed by atoms with Crippen LogP contribution >= 0.6 is 15.6 Å². The molecule has 0 heterocycles. The molecule has 0 aromatic heterocycles. The van der Waals surface area contributed by atoms with Gasteiger partial charge in [0, 0.05) is 25.7 Å². The Labute approximate surface area is 617 Å². The molecular weight excluding hydrogens is 1330 g/mol. The van der Waals surface area contributed by atoms with Gasteiger partial charge in [-0.25, -0.2) is 9.13 Å². The second-order valence-electron chi connectivity index (χ2n) is 25.5. The van der Waals surface area contributed by atoms with Crippen LogP contribution in [0.5, 0.6) is 0 Å². The number of allylic oxidation sites excluding steroid dienone is 24. The van der Waals surface area contributed by atoms with Crippen molar-refractivity contribution in [3.05, 3.63) is 146 Å². The summed E-state index contributed by atoms with van der Waals surface area (Å²) in [5.41, 5.74) is 0. The van der Waals surface area contributed by atoms with Crippen LogP contribution in [0.25, 0.3) is 0 Å². The molecule has 0 aliphatic rings. The van der Waals surface area contributed by atoms with Gasteiger partial charge in [-0.2, -0.15) is 0 Å². The Balaban J connectivity index is 5.39. The fourth-order valence-electron chi connectivity index (χ4n) is 9.96. The average molecular weight is 1470 g/mol. The predicted octanol–water partition coefficient (Wildman–Crippen LogP) is 22.7. The van der Waals surface area contributed by atoms with E-state index in [2.05, 4.69) is 174 Å². The SMILES string of the molecule is CC/C=C\C/C=C\C/C=C\C/C=C\CCCCCCCCC(=O)OCC(COP(=O)(O)OCC(O)COP(=O)(O)OCC(COC(=O)CCCCCC/C=C\C/C=C\C/C=C\C/C=C\CC)OC(=O)CCCCCCCCCCCCC)OC(=O)CCCC/C=C\C/C=C\C/C=C\C/C=C\CC. The molecular formula is C83H138O17P2. The molecule has 0 saturated heterocycles. The minimum Gasteiger partial charge on any atom is -0.462 e. The zero-order valence-corrected chi connectivity index (χ0v) is 65.3. The monoisotopic (exact) mass is 1470 g/mol. The van der Waals surface area contributed by atoms with E-state index >= 15 is 0 Å². The molecule has 3 N–H and O–H groups in total. The van der Waals surface area contributed by atoms with Crippen molar-refractivity contribution in [2.45, 2.75) is 316 Å². The van der Waals surface area contributed by atoms with Gasteiger partial charge in [0.2, 0.25) is 0 Å². The quantitative estimate of drug-likeness (QED) is 0.0169. The number of hydrogen-bond acceptors (Lipinski definition) is 15. The summed E-state index contributed by atoms with van der Waals surface area (Å²) in [5.74, 6) is -2.27. The maximum atomic E-state index is 13.1. The Morgan fingerprint density at radius 2 is 0.510 bits per heavy atom. The molecule has 19 heteroatoms. The van der Waals surface area contributed by atoms with Crippen LogP contribution in [0.4, 0.5) is 0 Å². The third-order valence-corrected chi connectivity index (χ3v) is 17.7. The Kier molecular flexibility index (Phi) is 70.5. The number of unbranched alkanes of at least 4 members (excludes halogenated alkanes) is 22. The van der Waals surface area contributed by atoms with E-state index in [1.165, 1.54) is 38.5 Å². The van der Waals surface area contributed by atoms with Gasteiger partial charge in [0.15, 0.2) is 12.2 Å². The summed E-state index contributed by atoms with van der Waals surface area (Å²) in [6.45, 7) is 4.43. The van der Waals surface area contributed by atoms with Crippen LogP contribution in [0.15, 0.2) is 146 Å². The van der Waals surface area contributed by atoms with Gasteiger partial charge in [-0.3, -0.25) is 37.3 Å². The first kappa shape index (κ1) is 96.9. The normalized spacial score (nSPS) is 14.7. The third-order valence-electron chi connectivity index (χ3n) is 15.8. The summed E-state index contributed by atoms with van der Waals surface area (Å²) in [4.78, 5) is 72.9. The number of aliphatic hydroxyl groups excluding tert-OH is 1. The van der Waals surface area contributed by atoms with Crippen molar-refractivity contribution < 1.29 is 80.2 Å². The number of rotatable bonds is 72. The molecule has 0 aromatic carbocycles. The number of carbonyl (C=O) groups excluding carboxylic acids is 4. The number of aliphatic hydroxyl groups is 1. The molecule has 17 nitrogen and oxygen atoms in total. The average Bonchev–Trinajstić information content (AvgIpc) is 0.939. The molecule has 0 aliphatic heterocycles. The molecule has 0 saturated carbocycles. The molecule has 0 amide bonds.